The lowest BCUT2D eigenvalue weighted by atomic mass is 10.0. The molecule has 0 aliphatic carbocycles. The highest BCUT2D eigenvalue weighted by molar-refractivity contribution is 7.89. The first-order chi connectivity index (χ1) is 15.0. The fourth-order valence-corrected chi connectivity index (χ4v) is 5.29. The van der Waals surface area contributed by atoms with E-state index in [4.69, 9.17) is 4.74 Å². The maximum atomic E-state index is 13.4. The highest BCUT2D eigenvalue weighted by Crippen LogP contribution is 2.34. The van der Waals surface area contributed by atoms with Crippen LogP contribution in [-0.4, -0.2) is 93.1 Å². The molecule has 0 aromatic heterocycles. The molecule has 1 aromatic carbocycles. The van der Waals surface area contributed by atoms with E-state index in [1.807, 2.05) is 25.9 Å². The predicted octanol–water partition coefficient (Wildman–Crippen LogP) is 1.24. The van der Waals surface area contributed by atoms with Gasteiger partial charge in [0.1, 0.15) is 16.7 Å². The molecule has 1 amide bonds. The molecule has 0 unspecified atom stereocenters. The van der Waals surface area contributed by atoms with Gasteiger partial charge in [0.15, 0.2) is 0 Å². The fraction of sp³-hybridized carbons (Fsp3) is 0.609. The molecule has 1 aliphatic heterocycles. The van der Waals surface area contributed by atoms with E-state index >= 15 is 0 Å². The van der Waals surface area contributed by atoms with E-state index in [0.717, 1.165) is 0 Å². The van der Waals surface area contributed by atoms with E-state index in [2.05, 4.69) is 11.8 Å². The Balaban J connectivity index is 2.55. The van der Waals surface area contributed by atoms with Crippen molar-refractivity contribution >= 4 is 15.9 Å². The molecule has 8 nitrogen and oxygen atoms in total. The van der Waals surface area contributed by atoms with Gasteiger partial charge in [0.05, 0.1) is 19.7 Å². The van der Waals surface area contributed by atoms with Crippen molar-refractivity contribution < 1.29 is 23.1 Å². The summed E-state index contributed by atoms with van der Waals surface area (Å²) >= 11 is 0. The van der Waals surface area contributed by atoms with Crippen LogP contribution in [0.2, 0.25) is 0 Å². The minimum atomic E-state index is -3.90. The highest BCUT2D eigenvalue weighted by atomic mass is 32.2. The molecular weight excluding hydrogens is 430 g/mol. The number of carbonyl (C=O) groups excluding carboxylic acids is 1. The number of hydrogen-bond donors (Lipinski definition) is 1. The van der Waals surface area contributed by atoms with Crippen LogP contribution in [0, 0.1) is 17.8 Å². The molecule has 1 N–H and O–H groups in total. The van der Waals surface area contributed by atoms with Crippen molar-refractivity contribution in [1.82, 2.24) is 14.1 Å². The molecule has 0 saturated heterocycles. The highest BCUT2D eigenvalue weighted by Gasteiger charge is 2.38. The van der Waals surface area contributed by atoms with Crippen molar-refractivity contribution in [3.05, 3.63) is 23.8 Å². The normalized spacial score (nSPS) is 21.4. The summed E-state index contributed by atoms with van der Waals surface area (Å²) in [6, 6.07) is 4.22. The van der Waals surface area contributed by atoms with Crippen LogP contribution < -0.4 is 4.74 Å². The third-order valence-electron chi connectivity index (χ3n) is 5.48. The van der Waals surface area contributed by atoms with E-state index in [-0.39, 0.29) is 35.6 Å². The number of benzene rings is 1. The molecule has 0 radical (unpaired) electrons. The summed E-state index contributed by atoms with van der Waals surface area (Å²) in [6.07, 6.45) is -0.0508. The molecule has 0 fully saturated rings. The summed E-state index contributed by atoms with van der Waals surface area (Å²) in [5.41, 5.74) is 0.646. The van der Waals surface area contributed by atoms with Crippen molar-refractivity contribution in [2.75, 3.05) is 47.4 Å². The van der Waals surface area contributed by atoms with Crippen LogP contribution >= 0.6 is 0 Å². The van der Waals surface area contributed by atoms with E-state index in [9.17, 15) is 18.3 Å². The van der Waals surface area contributed by atoms with Crippen LogP contribution in [0.15, 0.2) is 23.1 Å². The van der Waals surface area contributed by atoms with Gasteiger partial charge in [-0.3, -0.25) is 9.69 Å². The van der Waals surface area contributed by atoms with Crippen LogP contribution in [0.25, 0.3) is 0 Å². The number of hydrogen-bond acceptors (Lipinski definition) is 6. The first kappa shape index (κ1) is 26.1. The van der Waals surface area contributed by atoms with Crippen LogP contribution in [0.5, 0.6) is 5.75 Å². The monoisotopic (exact) mass is 465 g/mol. The van der Waals surface area contributed by atoms with Crippen LogP contribution in [0.3, 0.4) is 0 Å². The van der Waals surface area contributed by atoms with E-state index in [0.29, 0.717) is 25.1 Å². The number of likely N-dealkylation sites (N-methyl/N-ethyl adjacent to an activating group) is 1. The number of rotatable bonds is 6. The second-order valence-corrected chi connectivity index (χ2v) is 10.4. The average Bonchev–Trinajstić information content (AvgIpc) is 2.74. The zero-order valence-electron chi connectivity index (χ0n) is 19.8. The van der Waals surface area contributed by atoms with Gasteiger partial charge >= 0.3 is 0 Å². The molecule has 1 aromatic rings. The fourth-order valence-electron chi connectivity index (χ4n) is 3.46. The summed E-state index contributed by atoms with van der Waals surface area (Å²) in [4.78, 5) is 15.7. The van der Waals surface area contributed by atoms with Gasteiger partial charge in [-0.05, 0) is 39.2 Å². The lowest BCUT2D eigenvalue weighted by Crippen LogP contribution is -2.50. The average molecular weight is 466 g/mol. The maximum Gasteiger partial charge on any atom is 0.247 e. The van der Waals surface area contributed by atoms with Crippen molar-refractivity contribution in [3.63, 3.8) is 0 Å². The van der Waals surface area contributed by atoms with E-state index < -0.39 is 22.2 Å². The Morgan fingerprint density at radius 1 is 1.34 bits per heavy atom. The van der Waals surface area contributed by atoms with Gasteiger partial charge in [-0.25, -0.2) is 8.42 Å². The molecule has 178 valence electrons. The first-order valence-electron chi connectivity index (χ1n) is 10.8. The van der Waals surface area contributed by atoms with Crippen LogP contribution in [0.1, 0.15) is 32.8 Å². The summed E-state index contributed by atoms with van der Waals surface area (Å²) in [5, 5.41) is 9.71. The Kier molecular flexibility index (Phi) is 9.10. The quantitative estimate of drug-likeness (QED) is 0.636. The lowest BCUT2D eigenvalue weighted by molar-refractivity contribution is -0.131. The number of ether oxygens (including phenoxy) is 1. The minimum Gasteiger partial charge on any atom is -0.487 e. The molecule has 1 heterocycles. The van der Waals surface area contributed by atoms with Gasteiger partial charge in [-0.1, -0.05) is 25.7 Å². The number of aliphatic hydroxyl groups excluding tert-OH is 1. The molecule has 1 aliphatic rings. The maximum absolute atomic E-state index is 13.4. The SMILES string of the molecule is CCC(=O)N(C)C[C@@H]1Oc2cc(C#CCN(C)C)ccc2S(=O)(=O)N([C@H](C)CO)C[C@H]1C. The van der Waals surface area contributed by atoms with Crippen LogP contribution in [0.4, 0.5) is 0 Å². The summed E-state index contributed by atoms with van der Waals surface area (Å²) in [7, 11) is 1.66. The second-order valence-electron chi connectivity index (χ2n) is 8.57. The number of nitrogens with zero attached hydrogens (tertiary/aromatic N) is 3. The number of aliphatic hydroxyl groups is 1. The Hall–Kier alpha value is -2.12. The molecule has 3 atom stereocenters. The smallest absolute Gasteiger partial charge is 0.247 e. The molecule has 0 saturated carbocycles. The minimum absolute atomic E-state index is 0.0143. The molecule has 32 heavy (non-hydrogen) atoms. The molecule has 0 bridgehead atoms. The summed E-state index contributed by atoms with van der Waals surface area (Å²) in [5.74, 6) is 6.07. The Morgan fingerprint density at radius 3 is 2.62 bits per heavy atom. The van der Waals surface area contributed by atoms with Gasteiger partial charge in [0, 0.05) is 37.5 Å². The number of sulfonamides is 1. The van der Waals surface area contributed by atoms with Gasteiger partial charge in [0.2, 0.25) is 15.9 Å². The predicted molar refractivity (Wildman–Crippen MR) is 124 cm³/mol. The molecule has 9 heteroatoms. The largest absolute Gasteiger partial charge is 0.487 e. The second kappa shape index (κ2) is 11.1. The third kappa shape index (κ3) is 6.23. The number of amides is 1. The van der Waals surface area contributed by atoms with Gasteiger partial charge < -0.3 is 14.7 Å². The first-order valence-corrected chi connectivity index (χ1v) is 12.3. The summed E-state index contributed by atoms with van der Waals surface area (Å²) in [6.45, 7) is 6.14. The zero-order valence-corrected chi connectivity index (χ0v) is 20.6. The third-order valence-corrected chi connectivity index (χ3v) is 7.50. The van der Waals surface area contributed by atoms with Crippen molar-refractivity contribution in [1.29, 1.82) is 0 Å². The number of carbonyl (C=O) groups is 1. The van der Waals surface area contributed by atoms with Crippen molar-refractivity contribution in [3.8, 4) is 17.6 Å². The standard InChI is InChI=1S/C23H35N3O5S/c1-7-23(28)25(6)15-21-17(2)14-26(18(3)16-27)32(29,30)22-11-10-19(13-20(22)31-21)9-8-12-24(4)5/h10-11,13,17-18,21,27H,7,12,14-16H2,1-6H3/t17-,18-,21+/m1/s1. The lowest BCUT2D eigenvalue weighted by Gasteiger charge is -2.37. The van der Waals surface area contributed by atoms with Gasteiger partial charge in [-0.2, -0.15) is 4.31 Å². The Bertz CT molecular complexity index is 968. The van der Waals surface area contributed by atoms with Crippen LogP contribution in [-0.2, 0) is 14.8 Å². The Morgan fingerprint density at radius 2 is 2.03 bits per heavy atom. The van der Waals surface area contributed by atoms with E-state index in [1.54, 1.807) is 37.9 Å². The molecule has 0 spiro atoms. The van der Waals surface area contributed by atoms with Gasteiger partial charge in [-0.15, -0.1) is 0 Å². The zero-order chi connectivity index (χ0) is 24.1. The van der Waals surface area contributed by atoms with Gasteiger partial charge in [0.25, 0.3) is 0 Å². The molecular formula is C23H35N3O5S. The molecule has 2 rings (SSSR count). The van der Waals surface area contributed by atoms with Crippen molar-refractivity contribution in [2.24, 2.45) is 5.92 Å². The summed E-state index contributed by atoms with van der Waals surface area (Å²) < 4.78 is 34.5. The topological polar surface area (TPSA) is 90.4 Å². The van der Waals surface area contributed by atoms with E-state index in [1.165, 1.54) is 10.4 Å². The number of fused-ring (bicyclic) bond motifs is 1. The van der Waals surface area contributed by atoms with Crippen molar-refractivity contribution in [2.45, 2.75) is 44.2 Å². The Labute approximate surface area is 192 Å².